The van der Waals surface area contributed by atoms with Crippen LogP contribution in [0.4, 0.5) is 5.82 Å². The Morgan fingerprint density at radius 2 is 1.96 bits per heavy atom. The van der Waals surface area contributed by atoms with Gasteiger partial charge in [-0.2, -0.15) is 14.7 Å². The van der Waals surface area contributed by atoms with Crippen LogP contribution in [-0.2, 0) is 7.05 Å². The highest BCUT2D eigenvalue weighted by molar-refractivity contribution is 5.77. The number of aryl methyl sites for hydroxylation is 1. The molecule has 0 saturated heterocycles. The number of nitrogens with zero attached hydrogens (tertiary/aromatic N) is 5. The van der Waals surface area contributed by atoms with Crippen LogP contribution in [0.5, 0.6) is 0 Å². The number of anilines is 1. The number of aromatic nitrogens is 5. The largest absolute Gasteiger partial charge is 0.384 e. The lowest BCUT2D eigenvalue weighted by Crippen LogP contribution is -2.21. The Balaban J connectivity index is 1.73. The zero-order chi connectivity index (χ0) is 16.7. The molecular formula is C17H23N7. The first kappa shape index (κ1) is 15.1. The van der Waals surface area contributed by atoms with Crippen molar-refractivity contribution in [2.24, 2.45) is 18.7 Å². The lowest BCUT2D eigenvalue weighted by molar-refractivity contribution is 0.329. The number of rotatable bonds is 3. The van der Waals surface area contributed by atoms with Crippen molar-refractivity contribution in [1.29, 1.82) is 0 Å². The number of hydrogen-bond acceptors (Lipinski definition) is 5. The van der Waals surface area contributed by atoms with E-state index in [0.717, 1.165) is 41.9 Å². The second kappa shape index (κ2) is 5.90. The molecule has 126 valence electrons. The lowest BCUT2D eigenvalue weighted by Gasteiger charge is -2.27. The Kier molecular flexibility index (Phi) is 3.72. The fraction of sp³-hybridized carbons (Fsp3) is 0.471. The summed E-state index contributed by atoms with van der Waals surface area (Å²) in [4.78, 5) is 4.91. The van der Waals surface area contributed by atoms with Gasteiger partial charge in [0.05, 0.1) is 12.4 Å². The van der Waals surface area contributed by atoms with E-state index in [2.05, 4.69) is 10.2 Å². The average Bonchev–Trinajstić information content (AvgIpc) is 3.21. The van der Waals surface area contributed by atoms with Crippen molar-refractivity contribution in [3.8, 4) is 11.1 Å². The zero-order valence-electron chi connectivity index (χ0n) is 13.9. The van der Waals surface area contributed by atoms with Crippen molar-refractivity contribution in [1.82, 2.24) is 24.4 Å². The van der Waals surface area contributed by atoms with Crippen LogP contribution < -0.4 is 11.5 Å². The molecule has 3 aromatic rings. The fourth-order valence-electron chi connectivity index (χ4n) is 3.67. The molecule has 7 nitrogen and oxygen atoms in total. The molecular weight excluding hydrogens is 302 g/mol. The molecule has 0 unspecified atom stereocenters. The lowest BCUT2D eigenvalue weighted by atomic mass is 9.80. The van der Waals surface area contributed by atoms with Gasteiger partial charge in [0.15, 0.2) is 5.65 Å². The normalized spacial score (nSPS) is 21.4. The third kappa shape index (κ3) is 2.54. The maximum absolute atomic E-state index is 6.23. The molecule has 7 heteroatoms. The summed E-state index contributed by atoms with van der Waals surface area (Å²) >= 11 is 0. The van der Waals surface area contributed by atoms with Crippen molar-refractivity contribution in [3.63, 3.8) is 0 Å². The van der Waals surface area contributed by atoms with Crippen LogP contribution in [0.3, 0.4) is 0 Å². The first-order valence-electron chi connectivity index (χ1n) is 8.49. The smallest absolute Gasteiger partial charge is 0.165 e. The highest BCUT2D eigenvalue weighted by atomic mass is 15.3. The minimum atomic E-state index is 0.455. The summed E-state index contributed by atoms with van der Waals surface area (Å²) in [6.45, 7) is 0.787. The molecule has 3 aromatic heterocycles. The molecule has 1 saturated carbocycles. The molecule has 0 atom stereocenters. The first-order valence-corrected chi connectivity index (χ1v) is 8.49. The summed E-state index contributed by atoms with van der Waals surface area (Å²) in [7, 11) is 1.90. The number of nitrogens with two attached hydrogens (primary N) is 2. The summed E-state index contributed by atoms with van der Waals surface area (Å²) in [6.07, 6.45) is 10.2. The highest BCUT2D eigenvalue weighted by Crippen LogP contribution is 2.36. The third-order valence-corrected chi connectivity index (χ3v) is 5.13. The van der Waals surface area contributed by atoms with Crippen LogP contribution in [-0.4, -0.2) is 30.9 Å². The fourth-order valence-corrected chi connectivity index (χ4v) is 3.67. The summed E-state index contributed by atoms with van der Waals surface area (Å²) in [5, 5.41) is 8.63. The Labute approximate surface area is 140 Å². The monoisotopic (exact) mass is 325 g/mol. The van der Waals surface area contributed by atoms with Crippen molar-refractivity contribution >= 4 is 11.5 Å². The van der Waals surface area contributed by atoms with E-state index in [1.165, 1.54) is 12.8 Å². The van der Waals surface area contributed by atoms with Crippen molar-refractivity contribution < 1.29 is 0 Å². The zero-order valence-corrected chi connectivity index (χ0v) is 13.9. The maximum Gasteiger partial charge on any atom is 0.165 e. The summed E-state index contributed by atoms with van der Waals surface area (Å²) in [5.41, 5.74) is 15.9. The number of hydrogen-bond donors (Lipinski definition) is 2. The van der Waals surface area contributed by atoms with Crippen LogP contribution >= 0.6 is 0 Å². The summed E-state index contributed by atoms with van der Waals surface area (Å²) < 4.78 is 3.48. The Morgan fingerprint density at radius 1 is 1.17 bits per heavy atom. The van der Waals surface area contributed by atoms with Gasteiger partial charge in [-0.25, -0.2) is 4.98 Å². The summed E-state index contributed by atoms with van der Waals surface area (Å²) in [5.74, 6) is 1.74. The predicted octanol–water partition coefficient (Wildman–Crippen LogP) is 1.94. The van der Waals surface area contributed by atoms with Gasteiger partial charge in [-0.1, -0.05) is 0 Å². The summed E-state index contributed by atoms with van der Waals surface area (Å²) in [6, 6.07) is 1.97. The second-order valence-corrected chi connectivity index (χ2v) is 6.76. The molecule has 0 bridgehead atoms. The van der Waals surface area contributed by atoms with Gasteiger partial charge >= 0.3 is 0 Å². The molecule has 0 aliphatic heterocycles. The minimum absolute atomic E-state index is 0.455. The van der Waals surface area contributed by atoms with E-state index < -0.39 is 0 Å². The Morgan fingerprint density at radius 3 is 2.62 bits per heavy atom. The van der Waals surface area contributed by atoms with Crippen LogP contribution in [0.1, 0.15) is 37.3 Å². The van der Waals surface area contributed by atoms with Crippen LogP contribution in [0.25, 0.3) is 16.8 Å². The van der Waals surface area contributed by atoms with E-state index in [-0.39, 0.29) is 0 Å². The molecule has 0 spiro atoms. The molecule has 3 heterocycles. The van der Waals surface area contributed by atoms with Crippen molar-refractivity contribution in [3.05, 3.63) is 30.4 Å². The van der Waals surface area contributed by atoms with Crippen LogP contribution in [0.2, 0.25) is 0 Å². The van der Waals surface area contributed by atoms with Crippen molar-refractivity contribution in [2.45, 2.75) is 31.6 Å². The van der Waals surface area contributed by atoms with Crippen molar-refractivity contribution in [2.75, 3.05) is 12.3 Å². The Hall–Kier alpha value is -2.41. The third-order valence-electron chi connectivity index (χ3n) is 5.13. The highest BCUT2D eigenvalue weighted by Gasteiger charge is 2.24. The maximum atomic E-state index is 6.23. The molecule has 0 radical (unpaired) electrons. The standard InChI is InChI=1S/C17H23N7/c1-23-10-13(8-20-23)14-9-21-24-16(19)6-15(22-17(14)24)12-4-2-11(7-18)3-5-12/h6,8-12H,2-5,7,18-19H2,1H3. The SMILES string of the molecule is Cn1cc(-c2cnn3c(N)cc(C4CCC(CN)CC4)nc23)cn1. The van der Waals surface area contributed by atoms with Gasteiger partial charge in [0.25, 0.3) is 0 Å². The number of nitrogen functional groups attached to an aromatic ring is 1. The average molecular weight is 325 g/mol. The topological polar surface area (TPSA) is 100 Å². The quantitative estimate of drug-likeness (QED) is 0.766. The van der Waals surface area contributed by atoms with Gasteiger partial charge in [-0.15, -0.1) is 0 Å². The predicted molar refractivity (Wildman–Crippen MR) is 93.4 cm³/mol. The van der Waals surface area contributed by atoms with Crippen LogP contribution in [0, 0.1) is 5.92 Å². The molecule has 1 aliphatic rings. The van der Waals surface area contributed by atoms with Gasteiger partial charge in [0.2, 0.25) is 0 Å². The molecule has 0 amide bonds. The molecule has 0 aromatic carbocycles. The van der Waals surface area contributed by atoms with Crippen LogP contribution in [0.15, 0.2) is 24.7 Å². The van der Waals surface area contributed by atoms with Gasteiger partial charge < -0.3 is 11.5 Å². The molecule has 1 aliphatic carbocycles. The second-order valence-electron chi connectivity index (χ2n) is 6.76. The van der Waals surface area contributed by atoms with E-state index in [4.69, 9.17) is 16.5 Å². The first-order chi connectivity index (χ1) is 11.7. The van der Waals surface area contributed by atoms with Gasteiger partial charge in [-0.05, 0) is 38.1 Å². The van der Waals surface area contributed by atoms with E-state index in [9.17, 15) is 0 Å². The van der Waals surface area contributed by atoms with Gasteiger partial charge in [0.1, 0.15) is 5.82 Å². The molecule has 4 rings (SSSR count). The van der Waals surface area contributed by atoms with E-state index in [1.807, 2.05) is 31.7 Å². The Bertz CT molecular complexity index is 855. The number of fused-ring (bicyclic) bond motifs is 1. The van der Waals surface area contributed by atoms with E-state index >= 15 is 0 Å². The van der Waals surface area contributed by atoms with Gasteiger partial charge in [-0.3, -0.25) is 4.68 Å². The molecule has 4 N–H and O–H groups in total. The molecule has 24 heavy (non-hydrogen) atoms. The van der Waals surface area contributed by atoms with E-state index in [0.29, 0.717) is 17.7 Å². The van der Waals surface area contributed by atoms with E-state index in [1.54, 1.807) is 9.20 Å². The van der Waals surface area contributed by atoms with Gasteiger partial charge in [0, 0.05) is 42.0 Å². The minimum Gasteiger partial charge on any atom is -0.384 e. The molecule has 1 fully saturated rings.